The Balaban J connectivity index is 2.06. The fourth-order valence-electron chi connectivity index (χ4n) is 3.06. The maximum atomic E-state index is 4.27. The maximum Gasteiger partial charge on any atom is 0.0352 e. The maximum absolute atomic E-state index is 4.27. The Kier molecular flexibility index (Phi) is 2.71. The number of hydrogen-bond acceptors (Lipinski definition) is 1. The lowest BCUT2D eigenvalue weighted by Gasteiger charge is -2.11. The minimum atomic E-state index is 1.22. The molecule has 4 rings (SSSR count). The third-order valence-electron chi connectivity index (χ3n) is 4.17. The van der Waals surface area contributed by atoms with Gasteiger partial charge in [0, 0.05) is 17.8 Å². The van der Waals surface area contributed by atoms with E-state index in [1.807, 2.05) is 12.4 Å². The van der Waals surface area contributed by atoms with Gasteiger partial charge in [-0.25, -0.2) is 0 Å². The van der Waals surface area contributed by atoms with Gasteiger partial charge in [0.25, 0.3) is 0 Å². The molecule has 0 bridgehead atoms. The summed E-state index contributed by atoms with van der Waals surface area (Å²) in [5, 5.41) is 5.04. The second-order valence-corrected chi connectivity index (χ2v) is 5.36. The molecule has 0 fully saturated rings. The summed E-state index contributed by atoms with van der Waals surface area (Å²) in [4.78, 5) is 4.27. The van der Waals surface area contributed by atoms with Gasteiger partial charge in [0.1, 0.15) is 0 Å². The third kappa shape index (κ3) is 1.90. The molecular weight excluding hydrogens is 254 g/mol. The van der Waals surface area contributed by atoms with Gasteiger partial charge in [-0.05, 0) is 45.8 Å². The summed E-state index contributed by atoms with van der Waals surface area (Å²) in [5.74, 6) is 0. The van der Waals surface area contributed by atoms with Crippen molar-refractivity contribution >= 4 is 21.5 Å². The Morgan fingerprint density at radius 1 is 0.714 bits per heavy atom. The largest absolute Gasteiger partial charge is 0.264 e. The van der Waals surface area contributed by atoms with Crippen molar-refractivity contribution in [3.63, 3.8) is 0 Å². The standard InChI is InChI=1S/C20H15N/c1-14-17(15-5-3-2-4-6-15)9-10-19-18(14)8-7-16-11-12-21-13-20(16)19/h2-13H,1H3. The van der Waals surface area contributed by atoms with Crippen LogP contribution in [0.4, 0.5) is 0 Å². The van der Waals surface area contributed by atoms with Crippen molar-refractivity contribution in [2.24, 2.45) is 0 Å². The van der Waals surface area contributed by atoms with Crippen molar-refractivity contribution in [3.8, 4) is 11.1 Å². The number of aryl methyl sites for hydroxylation is 1. The summed E-state index contributed by atoms with van der Waals surface area (Å²) >= 11 is 0. The van der Waals surface area contributed by atoms with Gasteiger partial charge >= 0.3 is 0 Å². The first-order valence-electron chi connectivity index (χ1n) is 7.16. The molecule has 0 saturated heterocycles. The fourth-order valence-corrected chi connectivity index (χ4v) is 3.06. The summed E-state index contributed by atoms with van der Waals surface area (Å²) in [6.07, 6.45) is 3.80. The van der Waals surface area contributed by atoms with Gasteiger partial charge < -0.3 is 0 Å². The van der Waals surface area contributed by atoms with Crippen LogP contribution in [-0.2, 0) is 0 Å². The second kappa shape index (κ2) is 4.71. The average molecular weight is 269 g/mol. The summed E-state index contributed by atoms with van der Waals surface area (Å²) < 4.78 is 0. The number of pyridine rings is 1. The van der Waals surface area contributed by atoms with E-state index in [0.29, 0.717) is 0 Å². The fraction of sp³-hybridized carbons (Fsp3) is 0.0500. The molecule has 4 aromatic rings. The molecule has 3 aromatic carbocycles. The van der Waals surface area contributed by atoms with Crippen LogP contribution in [0.15, 0.2) is 73.1 Å². The van der Waals surface area contributed by atoms with Gasteiger partial charge in [-0.3, -0.25) is 4.98 Å². The number of fused-ring (bicyclic) bond motifs is 3. The van der Waals surface area contributed by atoms with E-state index in [1.54, 1.807) is 0 Å². The van der Waals surface area contributed by atoms with E-state index in [9.17, 15) is 0 Å². The predicted molar refractivity (Wildman–Crippen MR) is 89.4 cm³/mol. The van der Waals surface area contributed by atoms with Crippen molar-refractivity contribution in [2.45, 2.75) is 6.92 Å². The molecule has 0 radical (unpaired) electrons. The minimum Gasteiger partial charge on any atom is -0.264 e. The lowest BCUT2D eigenvalue weighted by Crippen LogP contribution is -1.87. The smallest absolute Gasteiger partial charge is 0.0352 e. The van der Waals surface area contributed by atoms with E-state index < -0.39 is 0 Å². The molecular formula is C20H15N. The quantitative estimate of drug-likeness (QED) is 0.424. The molecule has 1 nitrogen and oxygen atoms in total. The van der Waals surface area contributed by atoms with Gasteiger partial charge in [-0.15, -0.1) is 0 Å². The predicted octanol–water partition coefficient (Wildman–Crippen LogP) is 5.36. The molecule has 0 aliphatic heterocycles. The van der Waals surface area contributed by atoms with E-state index in [0.717, 1.165) is 0 Å². The van der Waals surface area contributed by atoms with E-state index in [2.05, 4.69) is 72.6 Å². The Bertz CT molecular complexity index is 940. The van der Waals surface area contributed by atoms with Crippen LogP contribution in [0, 0.1) is 6.92 Å². The van der Waals surface area contributed by atoms with Gasteiger partial charge in [0.05, 0.1) is 0 Å². The number of nitrogens with zero attached hydrogens (tertiary/aromatic N) is 1. The molecule has 1 heterocycles. The zero-order chi connectivity index (χ0) is 14.2. The normalized spacial score (nSPS) is 11.1. The molecule has 0 unspecified atom stereocenters. The number of benzene rings is 3. The van der Waals surface area contributed by atoms with Crippen molar-refractivity contribution < 1.29 is 0 Å². The highest BCUT2D eigenvalue weighted by Crippen LogP contribution is 2.33. The van der Waals surface area contributed by atoms with Crippen LogP contribution in [0.3, 0.4) is 0 Å². The van der Waals surface area contributed by atoms with Crippen LogP contribution in [0.5, 0.6) is 0 Å². The van der Waals surface area contributed by atoms with E-state index in [4.69, 9.17) is 0 Å². The Morgan fingerprint density at radius 2 is 1.52 bits per heavy atom. The number of hydrogen-bond donors (Lipinski definition) is 0. The van der Waals surface area contributed by atoms with Gasteiger partial charge in [0.15, 0.2) is 0 Å². The van der Waals surface area contributed by atoms with Crippen LogP contribution in [0.1, 0.15) is 5.56 Å². The van der Waals surface area contributed by atoms with Crippen molar-refractivity contribution in [2.75, 3.05) is 0 Å². The Morgan fingerprint density at radius 3 is 2.38 bits per heavy atom. The zero-order valence-corrected chi connectivity index (χ0v) is 11.9. The highest BCUT2D eigenvalue weighted by Gasteiger charge is 2.07. The molecule has 0 saturated carbocycles. The van der Waals surface area contributed by atoms with Gasteiger partial charge in [-0.1, -0.05) is 54.6 Å². The van der Waals surface area contributed by atoms with Crippen molar-refractivity contribution in [1.29, 1.82) is 0 Å². The zero-order valence-electron chi connectivity index (χ0n) is 11.9. The van der Waals surface area contributed by atoms with Crippen LogP contribution in [-0.4, -0.2) is 4.98 Å². The SMILES string of the molecule is Cc1c(-c2ccccc2)ccc2c1ccc1ccncc12. The number of rotatable bonds is 1. The van der Waals surface area contributed by atoms with E-state index in [-0.39, 0.29) is 0 Å². The Hall–Kier alpha value is -2.67. The molecule has 0 aliphatic carbocycles. The van der Waals surface area contributed by atoms with Crippen LogP contribution in [0.25, 0.3) is 32.7 Å². The first kappa shape index (κ1) is 12.1. The first-order chi connectivity index (χ1) is 10.3. The average Bonchev–Trinajstić information content (AvgIpc) is 2.56. The molecule has 0 N–H and O–H groups in total. The molecule has 1 aromatic heterocycles. The highest BCUT2D eigenvalue weighted by molar-refractivity contribution is 6.09. The van der Waals surface area contributed by atoms with Crippen molar-refractivity contribution in [1.82, 2.24) is 4.98 Å². The topological polar surface area (TPSA) is 12.9 Å². The molecule has 1 heteroatoms. The molecule has 0 amide bonds. The first-order valence-corrected chi connectivity index (χ1v) is 7.16. The third-order valence-corrected chi connectivity index (χ3v) is 4.17. The summed E-state index contributed by atoms with van der Waals surface area (Å²) in [6, 6.07) is 21.5. The summed E-state index contributed by atoms with van der Waals surface area (Å²) in [6.45, 7) is 2.20. The van der Waals surface area contributed by atoms with Crippen LogP contribution >= 0.6 is 0 Å². The molecule has 0 atom stereocenters. The minimum absolute atomic E-state index is 1.22. The van der Waals surface area contributed by atoms with Gasteiger partial charge in [0.2, 0.25) is 0 Å². The lowest BCUT2D eigenvalue weighted by atomic mass is 9.93. The molecule has 21 heavy (non-hydrogen) atoms. The molecule has 0 aliphatic rings. The van der Waals surface area contributed by atoms with Crippen LogP contribution in [0.2, 0.25) is 0 Å². The second-order valence-electron chi connectivity index (χ2n) is 5.36. The molecule has 0 spiro atoms. The van der Waals surface area contributed by atoms with Crippen molar-refractivity contribution in [3.05, 3.63) is 78.6 Å². The van der Waals surface area contributed by atoms with Crippen LogP contribution < -0.4 is 0 Å². The number of aromatic nitrogens is 1. The Labute approximate surface area is 123 Å². The molecule has 100 valence electrons. The lowest BCUT2D eigenvalue weighted by molar-refractivity contribution is 1.37. The highest BCUT2D eigenvalue weighted by atomic mass is 14.6. The van der Waals surface area contributed by atoms with Gasteiger partial charge in [-0.2, -0.15) is 0 Å². The summed E-state index contributed by atoms with van der Waals surface area (Å²) in [7, 11) is 0. The van der Waals surface area contributed by atoms with E-state index >= 15 is 0 Å². The van der Waals surface area contributed by atoms with E-state index in [1.165, 1.54) is 38.2 Å². The monoisotopic (exact) mass is 269 g/mol. The summed E-state index contributed by atoms with van der Waals surface area (Å²) in [5.41, 5.74) is 3.89.